The maximum Gasteiger partial charge on any atom is 0.0702 e. The molecule has 0 spiro atoms. The summed E-state index contributed by atoms with van der Waals surface area (Å²) in [6.45, 7) is 9.51. The summed E-state index contributed by atoms with van der Waals surface area (Å²) in [4.78, 5) is 0. The van der Waals surface area contributed by atoms with Crippen molar-refractivity contribution in [2.24, 2.45) is 5.92 Å². The summed E-state index contributed by atoms with van der Waals surface area (Å²) >= 11 is 0. The molecule has 0 aromatic heterocycles. The minimum atomic E-state index is 0.319. The van der Waals surface area contributed by atoms with E-state index in [1.54, 1.807) is 0 Å². The van der Waals surface area contributed by atoms with E-state index in [2.05, 4.69) is 33.0 Å². The van der Waals surface area contributed by atoms with Crippen LogP contribution in [0.1, 0.15) is 40.5 Å². The van der Waals surface area contributed by atoms with E-state index in [-0.39, 0.29) is 0 Å². The van der Waals surface area contributed by atoms with Gasteiger partial charge in [-0.3, -0.25) is 0 Å². The number of hydrogen-bond acceptors (Lipinski definition) is 2. The third-order valence-electron chi connectivity index (χ3n) is 2.83. The van der Waals surface area contributed by atoms with Crippen molar-refractivity contribution in [2.75, 3.05) is 13.7 Å². The molecule has 0 aromatic rings. The van der Waals surface area contributed by atoms with Crippen molar-refractivity contribution in [3.05, 3.63) is 0 Å². The van der Waals surface area contributed by atoms with Gasteiger partial charge in [-0.25, -0.2) is 0 Å². The average molecular weight is 187 g/mol. The molecule has 80 valence electrons. The normalized spacial score (nSPS) is 16.2. The molecule has 0 saturated carbocycles. The van der Waals surface area contributed by atoms with Crippen LogP contribution in [0.4, 0.5) is 0 Å². The Bertz CT molecular complexity index is 113. The highest BCUT2D eigenvalue weighted by Crippen LogP contribution is 2.17. The summed E-state index contributed by atoms with van der Waals surface area (Å²) in [5.41, 5.74) is 0. The first-order valence-electron chi connectivity index (χ1n) is 5.49. The smallest absolute Gasteiger partial charge is 0.0702 e. The van der Waals surface area contributed by atoms with Crippen LogP contribution >= 0.6 is 0 Å². The van der Waals surface area contributed by atoms with E-state index in [0.29, 0.717) is 12.1 Å². The third kappa shape index (κ3) is 4.10. The molecule has 13 heavy (non-hydrogen) atoms. The summed E-state index contributed by atoms with van der Waals surface area (Å²) in [6, 6.07) is 0.495. The molecule has 0 heterocycles. The Labute approximate surface area is 83.1 Å². The highest BCUT2D eigenvalue weighted by atomic mass is 16.5. The van der Waals surface area contributed by atoms with E-state index >= 15 is 0 Å². The second kappa shape index (κ2) is 7.34. The number of likely N-dealkylation sites (N-methyl/N-ethyl adjacent to an activating group) is 1. The summed E-state index contributed by atoms with van der Waals surface area (Å²) in [6.07, 6.45) is 2.76. The lowest BCUT2D eigenvalue weighted by molar-refractivity contribution is 0.0309. The topological polar surface area (TPSA) is 21.3 Å². The third-order valence-corrected chi connectivity index (χ3v) is 2.83. The van der Waals surface area contributed by atoms with Gasteiger partial charge in [0.25, 0.3) is 0 Å². The van der Waals surface area contributed by atoms with Crippen LogP contribution in [0.25, 0.3) is 0 Å². The minimum absolute atomic E-state index is 0.319. The molecule has 0 saturated heterocycles. The van der Waals surface area contributed by atoms with E-state index in [1.165, 1.54) is 12.8 Å². The van der Waals surface area contributed by atoms with Gasteiger partial charge in [0.15, 0.2) is 0 Å². The predicted molar refractivity (Wildman–Crippen MR) is 58.0 cm³/mol. The molecule has 2 nitrogen and oxygen atoms in total. The van der Waals surface area contributed by atoms with Gasteiger partial charge >= 0.3 is 0 Å². The van der Waals surface area contributed by atoms with Crippen molar-refractivity contribution in [1.29, 1.82) is 0 Å². The lowest BCUT2D eigenvalue weighted by Gasteiger charge is -2.30. The van der Waals surface area contributed by atoms with Crippen LogP contribution in [0.3, 0.4) is 0 Å². The van der Waals surface area contributed by atoms with Crippen LogP contribution in [0.15, 0.2) is 0 Å². The van der Waals surface area contributed by atoms with Gasteiger partial charge in [0, 0.05) is 12.6 Å². The predicted octanol–water partition coefficient (Wildman–Crippen LogP) is 2.44. The Morgan fingerprint density at radius 2 is 1.69 bits per heavy atom. The first kappa shape index (κ1) is 12.9. The summed E-state index contributed by atoms with van der Waals surface area (Å²) in [7, 11) is 2.03. The lowest BCUT2D eigenvalue weighted by Crippen LogP contribution is -2.43. The van der Waals surface area contributed by atoms with Crippen molar-refractivity contribution in [3.8, 4) is 0 Å². The van der Waals surface area contributed by atoms with Crippen LogP contribution in [-0.2, 0) is 4.74 Å². The SMILES string of the molecule is CCOC(C)C(NC)C(CC)CC. The fourth-order valence-corrected chi connectivity index (χ4v) is 2.02. The zero-order valence-corrected chi connectivity index (χ0v) is 9.76. The van der Waals surface area contributed by atoms with E-state index in [9.17, 15) is 0 Å². The van der Waals surface area contributed by atoms with Crippen LogP contribution in [0.2, 0.25) is 0 Å². The summed E-state index contributed by atoms with van der Waals surface area (Å²) < 4.78 is 5.62. The van der Waals surface area contributed by atoms with Crippen LogP contribution in [0, 0.1) is 5.92 Å². The molecule has 2 heteroatoms. The molecule has 2 atom stereocenters. The maximum absolute atomic E-state index is 5.62. The van der Waals surface area contributed by atoms with Crippen LogP contribution in [0.5, 0.6) is 0 Å². The second-order valence-corrected chi connectivity index (χ2v) is 3.55. The molecular formula is C11H25NO. The van der Waals surface area contributed by atoms with E-state index in [1.807, 2.05) is 7.05 Å². The van der Waals surface area contributed by atoms with Gasteiger partial charge in [-0.2, -0.15) is 0 Å². The fourth-order valence-electron chi connectivity index (χ4n) is 2.02. The van der Waals surface area contributed by atoms with Gasteiger partial charge in [0.05, 0.1) is 6.10 Å². The van der Waals surface area contributed by atoms with E-state index < -0.39 is 0 Å². The van der Waals surface area contributed by atoms with Crippen molar-refractivity contribution < 1.29 is 4.74 Å². The molecule has 0 radical (unpaired) electrons. The highest BCUT2D eigenvalue weighted by molar-refractivity contribution is 4.79. The van der Waals surface area contributed by atoms with E-state index in [0.717, 1.165) is 12.5 Å². The van der Waals surface area contributed by atoms with Gasteiger partial charge in [-0.05, 0) is 26.8 Å². The second-order valence-electron chi connectivity index (χ2n) is 3.55. The first-order chi connectivity index (χ1) is 6.21. The number of ether oxygens (including phenoxy) is 1. The minimum Gasteiger partial charge on any atom is -0.377 e. The Hall–Kier alpha value is -0.0800. The van der Waals surface area contributed by atoms with Crippen LogP contribution < -0.4 is 5.32 Å². The molecule has 0 amide bonds. The fraction of sp³-hybridized carbons (Fsp3) is 1.00. The molecule has 0 fully saturated rings. The largest absolute Gasteiger partial charge is 0.377 e. The van der Waals surface area contributed by atoms with Gasteiger partial charge in [0.2, 0.25) is 0 Å². The molecule has 0 aliphatic carbocycles. The zero-order chi connectivity index (χ0) is 10.3. The van der Waals surface area contributed by atoms with Gasteiger partial charge < -0.3 is 10.1 Å². The maximum atomic E-state index is 5.62. The van der Waals surface area contributed by atoms with Gasteiger partial charge in [-0.1, -0.05) is 26.7 Å². The van der Waals surface area contributed by atoms with Crippen LogP contribution in [-0.4, -0.2) is 25.8 Å². The molecule has 2 unspecified atom stereocenters. The van der Waals surface area contributed by atoms with Crippen molar-refractivity contribution >= 4 is 0 Å². The molecule has 1 N–H and O–H groups in total. The van der Waals surface area contributed by atoms with Crippen molar-refractivity contribution in [1.82, 2.24) is 5.32 Å². The Morgan fingerprint density at radius 3 is 2.00 bits per heavy atom. The number of rotatable bonds is 7. The zero-order valence-electron chi connectivity index (χ0n) is 9.76. The van der Waals surface area contributed by atoms with Crippen molar-refractivity contribution in [2.45, 2.75) is 52.7 Å². The summed E-state index contributed by atoms with van der Waals surface area (Å²) in [5.74, 6) is 0.728. The highest BCUT2D eigenvalue weighted by Gasteiger charge is 2.22. The number of nitrogens with one attached hydrogen (secondary N) is 1. The van der Waals surface area contributed by atoms with E-state index in [4.69, 9.17) is 4.74 Å². The van der Waals surface area contributed by atoms with Gasteiger partial charge in [0.1, 0.15) is 0 Å². The first-order valence-corrected chi connectivity index (χ1v) is 5.49. The molecule has 0 bridgehead atoms. The molecule has 0 aromatic carbocycles. The monoisotopic (exact) mass is 187 g/mol. The molecule has 0 aliphatic heterocycles. The Balaban J connectivity index is 4.11. The molecular weight excluding hydrogens is 162 g/mol. The molecule has 0 aliphatic rings. The Kier molecular flexibility index (Phi) is 7.29. The van der Waals surface area contributed by atoms with Crippen molar-refractivity contribution in [3.63, 3.8) is 0 Å². The Morgan fingerprint density at radius 1 is 1.15 bits per heavy atom. The average Bonchev–Trinajstić information content (AvgIpc) is 2.14. The number of hydrogen-bond donors (Lipinski definition) is 1. The molecule has 0 rings (SSSR count). The standard InChI is InChI=1S/C11H25NO/c1-6-10(7-2)11(12-5)9(4)13-8-3/h9-12H,6-8H2,1-5H3. The quantitative estimate of drug-likeness (QED) is 0.661. The van der Waals surface area contributed by atoms with Gasteiger partial charge in [-0.15, -0.1) is 0 Å². The lowest BCUT2D eigenvalue weighted by atomic mass is 9.91. The summed E-state index contributed by atoms with van der Waals surface area (Å²) in [5, 5.41) is 3.36.